The number of likely N-dealkylation sites (N-methyl/N-ethyl adjacent to an activating group) is 1. The lowest BCUT2D eigenvalue weighted by atomic mass is 10.2. The number of nitrogens with one attached hydrogen (secondary N) is 2. The highest BCUT2D eigenvalue weighted by atomic mass is 79.9. The second-order valence-electron chi connectivity index (χ2n) is 4.55. The van der Waals surface area contributed by atoms with Crippen molar-refractivity contribution in [2.75, 3.05) is 13.6 Å². The molecule has 0 saturated heterocycles. The summed E-state index contributed by atoms with van der Waals surface area (Å²) in [6, 6.07) is 4.26. The molecule has 18 heavy (non-hydrogen) atoms. The van der Waals surface area contributed by atoms with Crippen molar-refractivity contribution < 1.29 is 0 Å². The van der Waals surface area contributed by atoms with Crippen LogP contribution in [0.1, 0.15) is 11.3 Å². The molecule has 5 heteroatoms. The Kier molecular flexibility index (Phi) is 2.87. The van der Waals surface area contributed by atoms with E-state index < -0.39 is 0 Å². The van der Waals surface area contributed by atoms with E-state index in [9.17, 15) is 0 Å². The minimum absolute atomic E-state index is 0.905. The number of aromatic nitrogens is 3. The van der Waals surface area contributed by atoms with Crippen molar-refractivity contribution in [3.63, 3.8) is 0 Å². The predicted molar refractivity (Wildman–Crippen MR) is 77.1 cm³/mol. The zero-order valence-electron chi connectivity index (χ0n) is 10.4. The number of aryl methyl sites for hydroxylation is 1. The van der Waals surface area contributed by atoms with Crippen LogP contribution >= 0.6 is 15.9 Å². The minimum atomic E-state index is 0.905. The SMILES string of the molecule is CNCCc1cn2c(nc3c(Br)cc(C)cc32)[nH]1. The predicted octanol–water partition coefficient (Wildman–Crippen LogP) is 2.65. The van der Waals surface area contributed by atoms with Crippen molar-refractivity contribution in [2.45, 2.75) is 13.3 Å². The van der Waals surface area contributed by atoms with Crippen LogP contribution in [0.25, 0.3) is 16.8 Å². The van der Waals surface area contributed by atoms with Crippen LogP contribution in [0.3, 0.4) is 0 Å². The highest BCUT2D eigenvalue weighted by molar-refractivity contribution is 9.10. The maximum Gasteiger partial charge on any atom is 0.212 e. The Bertz CT molecular complexity index is 710. The van der Waals surface area contributed by atoms with E-state index in [0.29, 0.717) is 0 Å². The summed E-state index contributed by atoms with van der Waals surface area (Å²) in [6.07, 6.45) is 3.11. The Balaban J connectivity index is 2.18. The van der Waals surface area contributed by atoms with Gasteiger partial charge in [0.25, 0.3) is 0 Å². The molecule has 0 amide bonds. The van der Waals surface area contributed by atoms with Crippen LogP contribution < -0.4 is 5.32 Å². The Morgan fingerprint density at radius 2 is 2.28 bits per heavy atom. The summed E-state index contributed by atoms with van der Waals surface area (Å²) < 4.78 is 3.17. The van der Waals surface area contributed by atoms with Crippen LogP contribution in [0.2, 0.25) is 0 Å². The quantitative estimate of drug-likeness (QED) is 0.781. The van der Waals surface area contributed by atoms with Gasteiger partial charge in [0.2, 0.25) is 5.78 Å². The van der Waals surface area contributed by atoms with Crippen molar-refractivity contribution >= 4 is 32.7 Å². The largest absolute Gasteiger partial charge is 0.327 e. The summed E-state index contributed by atoms with van der Waals surface area (Å²) in [7, 11) is 1.96. The summed E-state index contributed by atoms with van der Waals surface area (Å²) in [5.74, 6) is 0.905. The molecule has 0 bridgehead atoms. The number of rotatable bonds is 3. The Morgan fingerprint density at radius 1 is 1.44 bits per heavy atom. The summed E-state index contributed by atoms with van der Waals surface area (Å²) >= 11 is 3.57. The summed E-state index contributed by atoms with van der Waals surface area (Å²) in [5.41, 5.74) is 4.58. The zero-order chi connectivity index (χ0) is 12.7. The van der Waals surface area contributed by atoms with Gasteiger partial charge >= 0.3 is 0 Å². The minimum Gasteiger partial charge on any atom is -0.327 e. The molecule has 0 aliphatic carbocycles. The lowest BCUT2D eigenvalue weighted by Gasteiger charge is -1.97. The van der Waals surface area contributed by atoms with Crippen LogP contribution in [0, 0.1) is 6.92 Å². The van der Waals surface area contributed by atoms with Crippen LogP contribution in [-0.2, 0) is 6.42 Å². The third kappa shape index (κ3) is 1.83. The second kappa shape index (κ2) is 4.40. The molecule has 0 fully saturated rings. The molecule has 3 rings (SSSR count). The Hall–Kier alpha value is -1.33. The molecule has 4 nitrogen and oxygen atoms in total. The van der Waals surface area contributed by atoms with Crippen molar-refractivity contribution in [3.05, 3.63) is 34.1 Å². The maximum absolute atomic E-state index is 4.62. The second-order valence-corrected chi connectivity index (χ2v) is 5.41. The van der Waals surface area contributed by atoms with Gasteiger partial charge in [-0.3, -0.25) is 4.40 Å². The number of nitrogens with zero attached hydrogens (tertiary/aromatic N) is 2. The van der Waals surface area contributed by atoms with Gasteiger partial charge in [-0.15, -0.1) is 0 Å². The van der Waals surface area contributed by atoms with E-state index in [-0.39, 0.29) is 0 Å². The third-order valence-electron chi connectivity index (χ3n) is 3.09. The number of fused-ring (bicyclic) bond motifs is 3. The molecule has 0 atom stereocenters. The van der Waals surface area contributed by atoms with Crippen molar-refractivity contribution in [2.24, 2.45) is 0 Å². The first kappa shape index (κ1) is 11.7. The average molecular weight is 307 g/mol. The van der Waals surface area contributed by atoms with Gasteiger partial charge in [0.1, 0.15) is 5.52 Å². The number of hydrogen-bond acceptors (Lipinski definition) is 2. The van der Waals surface area contributed by atoms with E-state index in [4.69, 9.17) is 0 Å². The first-order valence-corrected chi connectivity index (χ1v) is 6.79. The molecule has 2 aromatic heterocycles. The first-order chi connectivity index (χ1) is 8.69. The molecule has 0 unspecified atom stereocenters. The van der Waals surface area contributed by atoms with Gasteiger partial charge in [-0.2, -0.15) is 0 Å². The number of benzene rings is 1. The summed E-state index contributed by atoms with van der Waals surface area (Å²) in [6.45, 7) is 3.06. The molecule has 0 saturated carbocycles. The van der Waals surface area contributed by atoms with Crippen LogP contribution in [0.5, 0.6) is 0 Å². The van der Waals surface area contributed by atoms with Gasteiger partial charge < -0.3 is 10.3 Å². The van der Waals surface area contributed by atoms with Gasteiger partial charge in [-0.25, -0.2) is 4.98 Å². The standard InChI is InChI=1S/C13H15BrN4/c1-8-5-10(14)12-11(6-8)18-7-9(3-4-15-2)16-13(18)17-12/h5-7,15H,3-4H2,1-2H3,(H,16,17). The van der Waals surface area contributed by atoms with Crippen molar-refractivity contribution in [1.29, 1.82) is 0 Å². The normalized spacial score (nSPS) is 11.7. The monoisotopic (exact) mass is 306 g/mol. The number of imidazole rings is 2. The fraction of sp³-hybridized carbons (Fsp3) is 0.308. The van der Waals surface area contributed by atoms with Crippen molar-refractivity contribution in [1.82, 2.24) is 19.7 Å². The van der Waals surface area contributed by atoms with Gasteiger partial charge in [0.15, 0.2) is 0 Å². The molecule has 3 aromatic rings. The van der Waals surface area contributed by atoms with Gasteiger partial charge in [-0.05, 0) is 47.6 Å². The third-order valence-corrected chi connectivity index (χ3v) is 3.70. The zero-order valence-corrected chi connectivity index (χ0v) is 12.0. The fourth-order valence-electron chi connectivity index (χ4n) is 2.22. The average Bonchev–Trinajstić information content (AvgIpc) is 2.85. The van der Waals surface area contributed by atoms with E-state index in [0.717, 1.165) is 34.2 Å². The summed E-state index contributed by atoms with van der Waals surface area (Å²) in [5, 5.41) is 3.15. The highest BCUT2D eigenvalue weighted by Gasteiger charge is 2.10. The molecular formula is C13H15BrN4. The number of aromatic amines is 1. The van der Waals surface area contributed by atoms with E-state index in [2.05, 4.69) is 60.9 Å². The molecule has 0 aliphatic rings. The Labute approximate surface area is 114 Å². The van der Waals surface area contributed by atoms with Crippen LogP contribution in [0.4, 0.5) is 0 Å². The van der Waals surface area contributed by atoms with Crippen molar-refractivity contribution in [3.8, 4) is 0 Å². The lowest BCUT2D eigenvalue weighted by Crippen LogP contribution is -2.10. The van der Waals surface area contributed by atoms with E-state index >= 15 is 0 Å². The maximum atomic E-state index is 4.62. The van der Waals surface area contributed by atoms with Gasteiger partial charge in [-0.1, -0.05) is 0 Å². The first-order valence-electron chi connectivity index (χ1n) is 5.99. The van der Waals surface area contributed by atoms with Crippen LogP contribution in [0.15, 0.2) is 22.8 Å². The molecule has 0 radical (unpaired) electrons. The van der Waals surface area contributed by atoms with E-state index in [1.54, 1.807) is 0 Å². The molecule has 0 aliphatic heterocycles. The fourth-order valence-corrected chi connectivity index (χ4v) is 2.87. The molecule has 0 spiro atoms. The van der Waals surface area contributed by atoms with Crippen LogP contribution in [-0.4, -0.2) is 28.0 Å². The molecular weight excluding hydrogens is 292 g/mol. The molecule has 1 aromatic carbocycles. The van der Waals surface area contributed by atoms with E-state index in [1.165, 1.54) is 11.3 Å². The highest BCUT2D eigenvalue weighted by Crippen LogP contribution is 2.26. The van der Waals surface area contributed by atoms with E-state index in [1.807, 2.05) is 7.05 Å². The van der Waals surface area contributed by atoms with Gasteiger partial charge in [0, 0.05) is 29.3 Å². The summed E-state index contributed by atoms with van der Waals surface area (Å²) in [4.78, 5) is 7.98. The Morgan fingerprint density at radius 3 is 3.06 bits per heavy atom. The topological polar surface area (TPSA) is 45.1 Å². The molecule has 2 heterocycles. The number of halogens is 1. The lowest BCUT2D eigenvalue weighted by molar-refractivity contribution is 0.780. The smallest absolute Gasteiger partial charge is 0.212 e. The molecule has 2 N–H and O–H groups in total. The molecule has 94 valence electrons. The number of H-pyrrole nitrogens is 1. The van der Waals surface area contributed by atoms with Gasteiger partial charge in [0.05, 0.1) is 5.52 Å². The number of hydrogen-bond donors (Lipinski definition) is 2.